The molecule has 0 aromatic heterocycles. The molecule has 2 aromatic rings. The van der Waals surface area contributed by atoms with E-state index in [0.717, 1.165) is 17.6 Å². The monoisotopic (exact) mass is 333 g/mol. The fraction of sp³-hybridized carbons (Fsp3) is 0.235. The molecule has 122 valence electrons. The van der Waals surface area contributed by atoms with Crippen molar-refractivity contribution in [1.82, 2.24) is 0 Å². The molecule has 0 atom stereocenters. The molecule has 0 fully saturated rings. The van der Waals surface area contributed by atoms with Gasteiger partial charge in [0.1, 0.15) is 5.75 Å². The van der Waals surface area contributed by atoms with Gasteiger partial charge in [-0.2, -0.15) is 0 Å². The second-order valence-corrected chi connectivity index (χ2v) is 7.21. The zero-order chi connectivity index (χ0) is 16.9. The van der Waals surface area contributed by atoms with Gasteiger partial charge in [-0.15, -0.1) is 0 Å². The topological polar surface area (TPSA) is 72.5 Å². The van der Waals surface area contributed by atoms with Crippen LogP contribution in [0.25, 0.3) is 0 Å². The Kier molecular flexibility index (Phi) is 5.39. The Morgan fingerprint density at radius 2 is 1.83 bits per heavy atom. The Bertz CT molecular complexity index is 782. The van der Waals surface area contributed by atoms with E-state index in [-0.39, 0.29) is 10.8 Å². The molecule has 0 aliphatic carbocycles. The van der Waals surface area contributed by atoms with Crippen molar-refractivity contribution in [1.29, 1.82) is 0 Å². The molecule has 1 amide bonds. The fourth-order valence-corrected chi connectivity index (χ4v) is 2.74. The van der Waals surface area contributed by atoms with Crippen molar-refractivity contribution in [2.75, 3.05) is 18.7 Å². The average molecular weight is 333 g/mol. The summed E-state index contributed by atoms with van der Waals surface area (Å²) in [5.74, 6) is 0.613. The van der Waals surface area contributed by atoms with Crippen molar-refractivity contribution in [2.45, 2.75) is 17.7 Å². The minimum absolute atomic E-state index is 0.161. The van der Waals surface area contributed by atoms with Gasteiger partial charge in [-0.1, -0.05) is 18.2 Å². The van der Waals surface area contributed by atoms with E-state index < -0.39 is 9.84 Å². The number of ether oxygens (including phenoxy) is 1. The number of methoxy groups -OCH3 is 1. The van der Waals surface area contributed by atoms with Gasteiger partial charge in [-0.05, 0) is 42.3 Å². The summed E-state index contributed by atoms with van der Waals surface area (Å²) < 4.78 is 28.1. The lowest BCUT2D eigenvalue weighted by Gasteiger charge is -2.07. The van der Waals surface area contributed by atoms with Gasteiger partial charge in [-0.25, -0.2) is 8.42 Å². The SMILES string of the molecule is COc1ccc(CCC(=O)Nc2cccc(S(C)(=O)=O)c2)cc1. The van der Waals surface area contributed by atoms with Gasteiger partial charge >= 0.3 is 0 Å². The van der Waals surface area contributed by atoms with E-state index in [1.54, 1.807) is 19.2 Å². The van der Waals surface area contributed by atoms with Crippen molar-refractivity contribution in [3.8, 4) is 5.75 Å². The molecule has 0 aliphatic heterocycles. The summed E-state index contributed by atoms with van der Waals surface area (Å²) in [7, 11) is -1.68. The number of aryl methyl sites for hydroxylation is 1. The van der Waals surface area contributed by atoms with E-state index in [2.05, 4.69) is 5.32 Å². The third kappa shape index (κ3) is 5.10. The molecular formula is C17H19NO4S. The fourth-order valence-electron chi connectivity index (χ4n) is 2.08. The molecule has 2 aromatic carbocycles. The van der Waals surface area contributed by atoms with Crippen LogP contribution in [0, 0.1) is 0 Å². The van der Waals surface area contributed by atoms with Crippen LogP contribution in [0.15, 0.2) is 53.4 Å². The molecule has 0 spiro atoms. The van der Waals surface area contributed by atoms with Crippen LogP contribution < -0.4 is 10.1 Å². The van der Waals surface area contributed by atoms with Crippen LogP contribution in [0.5, 0.6) is 5.75 Å². The summed E-state index contributed by atoms with van der Waals surface area (Å²) in [5.41, 5.74) is 1.51. The standard InChI is InChI=1S/C17H19NO4S/c1-22-15-9-6-13(7-10-15)8-11-17(19)18-14-4-3-5-16(12-14)23(2,20)21/h3-7,9-10,12H,8,11H2,1-2H3,(H,18,19). The third-order valence-electron chi connectivity index (χ3n) is 3.35. The van der Waals surface area contributed by atoms with Gasteiger partial charge in [0.15, 0.2) is 9.84 Å². The highest BCUT2D eigenvalue weighted by Gasteiger charge is 2.09. The highest BCUT2D eigenvalue weighted by atomic mass is 32.2. The molecule has 0 saturated heterocycles. The summed E-state index contributed by atoms with van der Waals surface area (Å²) in [6, 6.07) is 13.8. The number of nitrogens with one attached hydrogen (secondary N) is 1. The first kappa shape index (κ1) is 17.0. The molecule has 0 aliphatic rings. The molecule has 0 unspecified atom stereocenters. The molecule has 1 N–H and O–H groups in total. The Hall–Kier alpha value is -2.34. The van der Waals surface area contributed by atoms with Crippen LogP contribution in [-0.2, 0) is 21.1 Å². The largest absolute Gasteiger partial charge is 0.497 e. The van der Waals surface area contributed by atoms with Crippen LogP contribution in [0.2, 0.25) is 0 Å². The van der Waals surface area contributed by atoms with Gasteiger partial charge in [0, 0.05) is 18.4 Å². The Morgan fingerprint density at radius 1 is 1.13 bits per heavy atom. The zero-order valence-corrected chi connectivity index (χ0v) is 13.9. The van der Waals surface area contributed by atoms with E-state index in [9.17, 15) is 13.2 Å². The van der Waals surface area contributed by atoms with E-state index >= 15 is 0 Å². The predicted octanol–water partition coefficient (Wildman–Crippen LogP) is 2.67. The molecule has 2 rings (SSSR count). The lowest BCUT2D eigenvalue weighted by atomic mass is 10.1. The van der Waals surface area contributed by atoms with Crippen LogP contribution in [-0.4, -0.2) is 27.7 Å². The number of amides is 1. The first-order valence-electron chi connectivity index (χ1n) is 7.11. The average Bonchev–Trinajstić information content (AvgIpc) is 2.53. The molecule has 6 heteroatoms. The minimum Gasteiger partial charge on any atom is -0.497 e. The highest BCUT2D eigenvalue weighted by Crippen LogP contribution is 2.16. The molecular weight excluding hydrogens is 314 g/mol. The van der Waals surface area contributed by atoms with Crippen LogP contribution in [0.1, 0.15) is 12.0 Å². The van der Waals surface area contributed by atoms with Gasteiger partial charge < -0.3 is 10.1 Å². The van der Waals surface area contributed by atoms with Crippen molar-refractivity contribution in [3.05, 3.63) is 54.1 Å². The van der Waals surface area contributed by atoms with E-state index in [1.807, 2.05) is 24.3 Å². The number of benzene rings is 2. The quantitative estimate of drug-likeness (QED) is 0.882. The smallest absolute Gasteiger partial charge is 0.224 e. The number of sulfone groups is 1. The summed E-state index contributed by atoms with van der Waals surface area (Å²) in [6.07, 6.45) is 2.05. The lowest BCUT2D eigenvalue weighted by Crippen LogP contribution is -2.12. The Morgan fingerprint density at radius 3 is 2.43 bits per heavy atom. The van der Waals surface area contributed by atoms with Gasteiger partial charge in [0.25, 0.3) is 0 Å². The van der Waals surface area contributed by atoms with E-state index in [4.69, 9.17) is 4.74 Å². The minimum atomic E-state index is -3.29. The van der Waals surface area contributed by atoms with Gasteiger partial charge in [-0.3, -0.25) is 4.79 Å². The molecule has 23 heavy (non-hydrogen) atoms. The number of rotatable bonds is 6. The summed E-state index contributed by atoms with van der Waals surface area (Å²) in [4.78, 5) is 12.2. The van der Waals surface area contributed by atoms with Crippen molar-refractivity contribution in [2.24, 2.45) is 0 Å². The zero-order valence-electron chi connectivity index (χ0n) is 13.1. The van der Waals surface area contributed by atoms with Gasteiger partial charge in [0.2, 0.25) is 5.91 Å². The second kappa shape index (κ2) is 7.28. The summed E-state index contributed by atoms with van der Waals surface area (Å²) in [5, 5.41) is 2.72. The highest BCUT2D eigenvalue weighted by molar-refractivity contribution is 7.90. The molecule has 0 radical (unpaired) electrons. The Balaban J connectivity index is 1.94. The first-order valence-corrected chi connectivity index (χ1v) is 9.00. The number of carbonyl (C=O) groups is 1. The third-order valence-corrected chi connectivity index (χ3v) is 4.46. The van der Waals surface area contributed by atoms with Crippen molar-refractivity contribution < 1.29 is 17.9 Å². The molecule has 0 heterocycles. The van der Waals surface area contributed by atoms with Crippen LogP contribution in [0.3, 0.4) is 0 Å². The molecule has 0 bridgehead atoms. The Labute approximate surface area is 136 Å². The lowest BCUT2D eigenvalue weighted by molar-refractivity contribution is -0.116. The van der Waals surface area contributed by atoms with Crippen molar-refractivity contribution >= 4 is 21.4 Å². The maximum Gasteiger partial charge on any atom is 0.224 e. The maximum absolute atomic E-state index is 12.0. The van der Waals surface area contributed by atoms with Crippen molar-refractivity contribution in [3.63, 3.8) is 0 Å². The molecule has 0 saturated carbocycles. The van der Waals surface area contributed by atoms with E-state index in [0.29, 0.717) is 18.5 Å². The van der Waals surface area contributed by atoms with Crippen LogP contribution in [0.4, 0.5) is 5.69 Å². The molecule has 5 nitrogen and oxygen atoms in total. The van der Waals surface area contributed by atoms with E-state index in [1.165, 1.54) is 12.1 Å². The van der Waals surface area contributed by atoms with Gasteiger partial charge in [0.05, 0.1) is 12.0 Å². The number of anilines is 1. The number of carbonyl (C=O) groups excluding carboxylic acids is 1. The first-order chi connectivity index (χ1) is 10.9. The summed E-state index contributed by atoms with van der Waals surface area (Å²) in [6.45, 7) is 0. The normalized spacial score (nSPS) is 11.0. The number of hydrogen-bond acceptors (Lipinski definition) is 4. The summed E-state index contributed by atoms with van der Waals surface area (Å²) >= 11 is 0. The predicted molar refractivity (Wildman–Crippen MR) is 89.5 cm³/mol. The number of hydrogen-bond donors (Lipinski definition) is 1. The maximum atomic E-state index is 12.0. The van der Waals surface area contributed by atoms with Crippen LogP contribution >= 0.6 is 0 Å². The second-order valence-electron chi connectivity index (χ2n) is 5.20.